The molecule has 2 aromatic heterocycles. The van der Waals surface area contributed by atoms with E-state index in [0.717, 1.165) is 38.6 Å². The van der Waals surface area contributed by atoms with Crippen molar-refractivity contribution in [2.24, 2.45) is 5.92 Å². The molecule has 1 aliphatic heterocycles. The zero-order valence-corrected chi connectivity index (χ0v) is 24.9. The molecule has 5 rings (SSSR count). The fourth-order valence-electron chi connectivity index (χ4n) is 6.20. The first-order chi connectivity index (χ1) is 18.5. The highest BCUT2D eigenvalue weighted by molar-refractivity contribution is 6.00. The average molecular weight is 515 g/mol. The molecule has 0 unspecified atom stereocenters. The molecule has 1 aromatic carbocycles. The molecule has 3 aromatic rings. The van der Waals surface area contributed by atoms with Gasteiger partial charge in [-0.2, -0.15) is 0 Å². The maximum atomic E-state index is 5.62. The van der Waals surface area contributed by atoms with Crippen molar-refractivity contribution in [2.45, 2.75) is 106 Å². The van der Waals surface area contributed by atoms with Crippen LogP contribution in [-0.4, -0.2) is 22.3 Å². The third-order valence-corrected chi connectivity index (χ3v) is 8.35. The number of ether oxygens (including phenoxy) is 1. The molecule has 0 bridgehead atoms. The summed E-state index contributed by atoms with van der Waals surface area (Å²) in [6.07, 6.45) is 14.3. The second-order valence-electron chi connectivity index (χ2n) is 11.2. The van der Waals surface area contributed by atoms with Crippen LogP contribution < -0.4 is 0 Å². The third kappa shape index (κ3) is 5.88. The summed E-state index contributed by atoms with van der Waals surface area (Å²) < 4.78 is 10.8. The minimum Gasteiger partial charge on any atom is -0.381 e. The highest BCUT2D eigenvalue weighted by Gasteiger charge is 2.27. The van der Waals surface area contributed by atoms with Crippen LogP contribution in [0.25, 0.3) is 22.6 Å². The number of allylic oxidation sites excluding steroid dienone is 2. The number of hydrogen-bond donors (Lipinski definition) is 0. The van der Waals surface area contributed by atoms with Crippen LogP contribution in [0.15, 0.2) is 42.0 Å². The van der Waals surface area contributed by atoms with E-state index < -0.39 is 0 Å². The van der Waals surface area contributed by atoms with E-state index in [1.807, 2.05) is 0 Å². The van der Waals surface area contributed by atoms with Crippen molar-refractivity contribution >= 4 is 22.6 Å². The first-order valence-electron chi connectivity index (χ1n) is 15.3. The lowest BCUT2D eigenvalue weighted by Crippen LogP contribution is -2.17. The summed E-state index contributed by atoms with van der Waals surface area (Å²) in [5.41, 5.74) is 11.6. The van der Waals surface area contributed by atoms with E-state index in [9.17, 15) is 0 Å². The number of nitrogens with zero attached hydrogens (tertiary/aromatic N) is 2. The van der Waals surface area contributed by atoms with Crippen LogP contribution in [0.4, 0.5) is 0 Å². The van der Waals surface area contributed by atoms with E-state index in [1.165, 1.54) is 89.6 Å². The Bertz CT molecular complexity index is 1260. The number of aromatic nitrogens is 2. The molecule has 0 spiro atoms. The summed E-state index contributed by atoms with van der Waals surface area (Å²) in [6, 6.07) is 11.6. The molecule has 0 radical (unpaired) electrons. The third-order valence-electron chi connectivity index (χ3n) is 8.35. The van der Waals surface area contributed by atoms with E-state index >= 15 is 0 Å². The van der Waals surface area contributed by atoms with Gasteiger partial charge >= 0.3 is 0 Å². The Morgan fingerprint density at radius 2 is 1.68 bits per heavy atom. The topological polar surface area (TPSA) is 19.1 Å². The monoisotopic (exact) mass is 514 g/mol. The van der Waals surface area contributed by atoms with Gasteiger partial charge in [0.1, 0.15) is 0 Å². The minimum atomic E-state index is 0.782. The molecular formula is C35H50N2O. The number of para-hydroxylation sites is 1. The summed E-state index contributed by atoms with van der Waals surface area (Å²) in [5.74, 6) is 0.782. The van der Waals surface area contributed by atoms with E-state index in [-0.39, 0.29) is 0 Å². The van der Waals surface area contributed by atoms with Crippen LogP contribution in [0.2, 0.25) is 0 Å². The molecule has 1 aliphatic carbocycles. The molecule has 1 saturated heterocycles. The van der Waals surface area contributed by atoms with E-state index in [0.29, 0.717) is 0 Å². The van der Waals surface area contributed by atoms with Crippen LogP contribution in [-0.2, 0) is 17.8 Å². The predicted molar refractivity (Wildman–Crippen MR) is 165 cm³/mol. The Labute approximate surface area is 231 Å². The van der Waals surface area contributed by atoms with E-state index in [1.54, 1.807) is 5.57 Å². The molecule has 0 atom stereocenters. The Hall–Kier alpha value is -2.52. The maximum Gasteiger partial charge on any atom is 0.0495 e. The SMILES string of the molecule is C/C=C\c1cc(C(=C2CCC2)c2c(C)n(CCC3CCOCC3)c3ccccc23)n(CCC)c1C.CCC. The number of rotatable bonds is 8. The van der Waals surface area contributed by atoms with Gasteiger partial charge in [0.25, 0.3) is 0 Å². The van der Waals surface area contributed by atoms with Crippen molar-refractivity contribution in [1.82, 2.24) is 9.13 Å². The second kappa shape index (κ2) is 13.5. The predicted octanol–water partition coefficient (Wildman–Crippen LogP) is 9.72. The molecule has 2 aliphatic rings. The van der Waals surface area contributed by atoms with Gasteiger partial charge in [-0.3, -0.25) is 0 Å². The highest BCUT2D eigenvalue weighted by Crippen LogP contribution is 2.44. The lowest BCUT2D eigenvalue weighted by atomic mass is 9.83. The van der Waals surface area contributed by atoms with Crippen LogP contribution in [0.3, 0.4) is 0 Å². The van der Waals surface area contributed by atoms with Gasteiger partial charge < -0.3 is 13.9 Å². The van der Waals surface area contributed by atoms with Crippen molar-refractivity contribution in [2.75, 3.05) is 13.2 Å². The molecule has 206 valence electrons. The van der Waals surface area contributed by atoms with Gasteiger partial charge in [-0.05, 0) is 89.3 Å². The minimum absolute atomic E-state index is 0.782. The van der Waals surface area contributed by atoms with Crippen LogP contribution >= 0.6 is 0 Å². The van der Waals surface area contributed by atoms with Crippen molar-refractivity contribution in [3.8, 4) is 0 Å². The van der Waals surface area contributed by atoms with Gasteiger partial charge in [-0.25, -0.2) is 0 Å². The molecule has 1 saturated carbocycles. The molecule has 0 N–H and O–H groups in total. The Morgan fingerprint density at radius 1 is 0.974 bits per heavy atom. The molecule has 3 heterocycles. The van der Waals surface area contributed by atoms with Crippen molar-refractivity contribution in [3.05, 3.63) is 70.2 Å². The zero-order chi connectivity index (χ0) is 27.1. The first-order valence-corrected chi connectivity index (χ1v) is 15.3. The lowest BCUT2D eigenvalue weighted by molar-refractivity contribution is 0.0627. The smallest absolute Gasteiger partial charge is 0.0495 e. The Morgan fingerprint density at radius 3 is 2.32 bits per heavy atom. The number of fused-ring (bicyclic) bond motifs is 1. The van der Waals surface area contributed by atoms with Gasteiger partial charge in [-0.15, -0.1) is 0 Å². The van der Waals surface area contributed by atoms with Crippen LogP contribution in [0.5, 0.6) is 0 Å². The molecule has 3 heteroatoms. The van der Waals surface area contributed by atoms with E-state index in [4.69, 9.17) is 4.74 Å². The summed E-state index contributed by atoms with van der Waals surface area (Å²) >= 11 is 0. The van der Waals surface area contributed by atoms with E-state index in [2.05, 4.69) is 93.2 Å². The maximum absolute atomic E-state index is 5.62. The summed E-state index contributed by atoms with van der Waals surface area (Å²) in [7, 11) is 0. The Kier molecular flexibility index (Phi) is 10.1. The molecule has 3 nitrogen and oxygen atoms in total. The first kappa shape index (κ1) is 28.5. The summed E-state index contributed by atoms with van der Waals surface area (Å²) in [6.45, 7) is 17.3. The summed E-state index contributed by atoms with van der Waals surface area (Å²) in [4.78, 5) is 0. The van der Waals surface area contributed by atoms with Gasteiger partial charge in [-0.1, -0.05) is 63.1 Å². The fourth-order valence-corrected chi connectivity index (χ4v) is 6.20. The number of aryl methyl sites for hydroxylation is 1. The lowest BCUT2D eigenvalue weighted by Gasteiger charge is -2.25. The fraction of sp³-hybridized carbons (Fsp3) is 0.543. The normalized spacial score (nSPS) is 16.1. The summed E-state index contributed by atoms with van der Waals surface area (Å²) in [5, 5.41) is 1.42. The van der Waals surface area contributed by atoms with Gasteiger partial charge in [0.15, 0.2) is 0 Å². The molecule has 38 heavy (non-hydrogen) atoms. The number of hydrogen-bond acceptors (Lipinski definition) is 1. The van der Waals surface area contributed by atoms with Gasteiger partial charge in [0, 0.05) is 65.4 Å². The van der Waals surface area contributed by atoms with Crippen LogP contribution in [0.1, 0.15) is 107 Å². The quantitative estimate of drug-likeness (QED) is 0.293. The van der Waals surface area contributed by atoms with Gasteiger partial charge in [0.2, 0.25) is 0 Å². The second-order valence-corrected chi connectivity index (χ2v) is 11.2. The molecular weight excluding hydrogens is 464 g/mol. The molecule has 2 fully saturated rings. The Balaban J connectivity index is 0.00000107. The largest absolute Gasteiger partial charge is 0.381 e. The van der Waals surface area contributed by atoms with Crippen molar-refractivity contribution in [1.29, 1.82) is 0 Å². The average Bonchev–Trinajstić information content (AvgIpc) is 3.35. The number of benzene rings is 1. The highest BCUT2D eigenvalue weighted by atomic mass is 16.5. The van der Waals surface area contributed by atoms with Crippen molar-refractivity contribution < 1.29 is 4.74 Å². The molecule has 0 amide bonds. The van der Waals surface area contributed by atoms with Crippen molar-refractivity contribution in [3.63, 3.8) is 0 Å². The van der Waals surface area contributed by atoms with Crippen LogP contribution in [0, 0.1) is 19.8 Å². The zero-order valence-electron chi connectivity index (χ0n) is 24.9. The van der Waals surface area contributed by atoms with Gasteiger partial charge in [0.05, 0.1) is 0 Å². The standard InChI is InChI=1S/C32H42N2O.C3H8/c1-5-10-27-22-30(33(18-6-2)23(27)3)32(26-11-9-12-26)31-24(4)34(29-14-8-7-13-28(29)31)19-15-25-16-20-35-21-17-25;1-3-2/h5,7-8,10,13-14,22,25H,6,9,11-12,15-21H2,1-4H3;3H2,1-2H3/b10-5-;.